The molecule has 7 heteroatoms. The predicted molar refractivity (Wildman–Crippen MR) is 121 cm³/mol. The number of carbonyl (C=O) groups is 1. The van der Waals surface area contributed by atoms with Crippen molar-refractivity contribution in [2.24, 2.45) is 0 Å². The highest BCUT2D eigenvalue weighted by Gasteiger charge is 2.23. The van der Waals surface area contributed by atoms with Crippen molar-refractivity contribution in [2.75, 3.05) is 17.1 Å². The summed E-state index contributed by atoms with van der Waals surface area (Å²) in [6.45, 7) is 9.58. The van der Waals surface area contributed by atoms with E-state index >= 15 is 0 Å². The second-order valence-corrected chi connectivity index (χ2v) is 9.73. The van der Waals surface area contributed by atoms with Crippen molar-refractivity contribution in [2.45, 2.75) is 53.2 Å². The van der Waals surface area contributed by atoms with Gasteiger partial charge in [0.2, 0.25) is 15.9 Å². The van der Waals surface area contributed by atoms with E-state index < -0.39 is 10.0 Å². The van der Waals surface area contributed by atoms with Crippen LogP contribution in [0.4, 0.5) is 5.69 Å². The largest absolute Gasteiger partial charge is 0.491 e. The van der Waals surface area contributed by atoms with Gasteiger partial charge < -0.3 is 10.1 Å². The van der Waals surface area contributed by atoms with Gasteiger partial charge in [-0.15, -0.1) is 0 Å². The number of hydrogen-bond donors (Lipinski definition) is 1. The van der Waals surface area contributed by atoms with E-state index in [1.54, 1.807) is 24.3 Å². The summed E-state index contributed by atoms with van der Waals surface area (Å²) in [7, 11) is -3.64. The van der Waals surface area contributed by atoms with Crippen LogP contribution in [-0.4, -0.2) is 33.2 Å². The zero-order chi connectivity index (χ0) is 22.5. The van der Waals surface area contributed by atoms with Crippen molar-refractivity contribution >= 4 is 21.6 Å². The molecule has 2 rings (SSSR count). The third-order valence-corrected chi connectivity index (χ3v) is 5.87. The highest BCUT2D eigenvalue weighted by molar-refractivity contribution is 7.92. The summed E-state index contributed by atoms with van der Waals surface area (Å²) in [4.78, 5) is 12.8. The zero-order valence-electron chi connectivity index (χ0n) is 18.6. The van der Waals surface area contributed by atoms with Crippen LogP contribution in [0.25, 0.3) is 0 Å². The van der Waals surface area contributed by atoms with Crippen LogP contribution in [0.15, 0.2) is 42.5 Å². The molecule has 0 aliphatic heterocycles. The highest BCUT2D eigenvalue weighted by atomic mass is 32.2. The molecular formula is C23H32N2O4S. The number of carbonyl (C=O) groups excluding carboxylic acids is 1. The Bertz CT molecular complexity index is 969. The number of aryl methyl sites for hydroxylation is 2. The fraction of sp³-hybridized carbons (Fsp3) is 0.435. The number of nitrogens with one attached hydrogen (secondary N) is 1. The number of sulfonamides is 1. The van der Waals surface area contributed by atoms with Crippen molar-refractivity contribution in [3.05, 3.63) is 59.2 Å². The lowest BCUT2D eigenvalue weighted by atomic mass is 9.97. The van der Waals surface area contributed by atoms with E-state index in [1.165, 1.54) is 0 Å². The van der Waals surface area contributed by atoms with E-state index in [1.807, 2.05) is 46.8 Å². The van der Waals surface area contributed by atoms with Crippen molar-refractivity contribution in [1.29, 1.82) is 0 Å². The topological polar surface area (TPSA) is 75.7 Å². The van der Waals surface area contributed by atoms with Crippen LogP contribution in [0.1, 0.15) is 49.9 Å². The third-order valence-electron chi connectivity index (χ3n) is 4.73. The molecule has 0 aromatic heterocycles. The molecule has 0 aliphatic carbocycles. The van der Waals surface area contributed by atoms with E-state index in [9.17, 15) is 13.2 Å². The van der Waals surface area contributed by atoms with Crippen LogP contribution in [0, 0.1) is 13.8 Å². The molecular weight excluding hydrogens is 400 g/mol. The number of nitrogens with zero attached hydrogens (tertiary/aromatic N) is 1. The summed E-state index contributed by atoms with van der Waals surface area (Å²) in [6, 6.07) is 12.6. The minimum absolute atomic E-state index is 0.0175. The second kappa shape index (κ2) is 9.98. The van der Waals surface area contributed by atoms with Crippen molar-refractivity contribution in [1.82, 2.24) is 5.32 Å². The maximum atomic E-state index is 12.8. The first-order chi connectivity index (χ1) is 14.0. The molecule has 0 radical (unpaired) electrons. The lowest BCUT2D eigenvalue weighted by Gasteiger charge is -2.25. The fourth-order valence-electron chi connectivity index (χ4n) is 3.35. The normalized spacial score (nSPS) is 12.5. The minimum Gasteiger partial charge on any atom is -0.491 e. The van der Waals surface area contributed by atoms with Crippen molar-refractivity contribution in [3.8, 4) is 5.75 Å². The monoisotopic (exact) mass is 432 g/mol. The van der Waals surface area contributed by atoms with E-state index in [2.05, 4.69) is 11.4 Å². The molecule has 1 atom stereocenters. The number of benzene rings is 2. The summed E-state index contributed by atoms with van der Waals surface area (Å²) in [6.07, 6.45) is 1.82. The molecule has 0 heterocycles. The minimum atomic E-state index is -3.64. The Morgan fingerprint density at radius 3 is 2.23 bits per heavy atom. The zero-order valence-corrected chi connectivity index (χ0v) is 19.4. The van der Waals surface area contributed by atoms with Gasteiger partial charge in [0.25, 0.3) is 0 Å². The first-order valence-corrected chi connectivity index (χ1v) is 12.0. The fourth-order valence-corrected chi connectivity index (χ4v) is 4.21. The van der Waals surface area contributed by atoms with Crippen LogP contribution in [0.5, 0.6) is 5.75 Å². The Morgan fingerprint density at radius 1 is 1.10 bits per heavy atom. The second-order valence-electron chi connectivity index (χ2n) is 7.82. The van der Waals surface area contributed by atoms with Crippen molar-refractivity contribution in [3.63, 3.8) is 0 Å². The molecule has 30 heavy (non-hydrogen) atoms. The molecule has 0 aliphatic rings. The van der Waals surface area contributed by atoms with Crippen LogP contribution < -0.4 is 14.4 Å². The van der Waals surface area contributed by atoms with Crippen LogP contribution in [0.2, 0.25) is 0 Å². The molecule has 1 N–H and O–H groups in total. The van der Waals surface area contributed by atoms with E-state index in [0.29, 0.717) is 17.9 Å². The maximum Gasteiger partial charge on any atom is 0.241 e. The molecule has 0 unspecified atom stereocenters. The summed E-state index contributed by atoms with van der Waals surface area (Å²) < 4.78 is 31.4. The number of amides is 1. The first kappa shape index (κ1) is 23.7. The molecule has 6 nitrogen and oxygen atoms in total. The van der Waals surface area contributed by atoms with Crippen LogP contribution in [0.3, 0.4) is 0 Å². The van der Waals surface area contributed by atoms with Gasteiger partial charge in [0.1, 0.15) is 12.3 Å². The summed E-state index contributed by atoms with van der Waals surface area (Å²) in [5, 5.41) is 2.98. The molecule has 0 fully saturated rings. The van der Waals surface area contributed by atoms with Gasteiger partial charge in [-0.2, -0.15) is 0 Å². The van der Waals surface area contributed by atoms with Gasteiger partial charge in [-0.1, -0.05) is 30.7 Å². The molecule has 2 aromatic carbocycles. The van der Waals surface area contributed by atoms with E-state index in [0.717, 1.165) is 27.3 Å². The SMILES string of the molecule is CC[C@@H](NC(=O)CN(c1ccc(OC(C)C)cc1)S(C)(=O)=O)c1ccc(C)cc1C. The Hall–Kier alpha value is -2.54. The highest BCUT2D eigenvalue weighted by Crippen LogP contribution is 2.24. The van der Waals surface area contributed by atoms with Crippen LogP contribution >= 0.6 is 0 Å². The summed E-state index contributed by atoms with van der Waals surface area (Å²) in [5.74, 6) is 0.294. The number of ether oxygens (including phenoxy) is 1. The number of rotatable bonds is 9. The average molecular weight is 433 g/mol. The van der Waals surface area contributed by atoms with Gasteiger partial charge in [-0.3, -0.25) is 9.10 Å². The van der Waals surface area contributed by atoms with Gasteiger partial charge in [0.05, 0.1) is 24.1 Å². The number of anilines is 1. The Labute approximate surface area is 180 Å². The van der Waals surface area contributed by atoms with E-state index in [-0.39, 0.29) is 24.6 Å². The quantitative estimate of drug-likeness (QED) is 0.647. The summed E-state index contributed by atoms with van der Waals surface area (Å²) in [5.41, 5.74) is 3.72. The van der Waals surface area contributed by atoms with Crippen molar-refractivity contribution < 1.29 is 17.9 Å². The third kappa shape index (κ3) is 6.49. The van der Waals surface area contributed by atoms with E-state index in [4.69, 9.17) is 4.74 Å². The Kier molecular flexibility index (Phi) is 7.89. The standard InChI is InChI=1S/C23H32N2O4S/c1-7-22(21-13-8-17(4)14-18(21)5)24-23(26)15-25(30(6,27)28)19-9-11-20(12-10-19)29-16(2)3/h8-14,16,22H,7,15H2,1-6H3,(H,24,26)/t22-/m1/s1. The molecule has 0 saturated carbocycles. The van der Waals surface area contributed by atoms with Gasteiger partial charge in [-0.05, 0) is 69.5 Å². The van der Waals surface area contributed by atoms with Gasteiger partial charge in [-0.25, -0.2) is 8.42 Å². The first-order valence-electron chi connectivity index (χ1n) is 10.1. The summed E-state index contributed by atoms with van der Waals surface area (Å²) >= 11 is 0. The van der Waals surface area contributed by atoms with Gasteiger partial charge in [0, 0.05) is 0 Å². The Balaban J connectivity index is 2.19. The predicted octanol–water partition coefficient (Wildman–Crippen LogP) is 4.12. The molecule has 1 amide bonds. The molecule has 0 bridgehead atoms. The average Bonchev–Trinajstić information content (AvgIpc) is 2.64. The van der Waals surface area contributed by atoms with Gasteiger partial charge >= 0.3 is 0 Å². The molecule has 0 spiro atoms. The molecule has 2 aromatic rings. The smallest absolute Gasteiger partial charge is 0.241 e. The maximum absolute atomic E-state index is 12.8. The number of hydrogen-bond acceptors (Lipinski definition) is 4. The lowest BCUT2D eigenvalue weighted by Crippen LogP contribution is -2.41. The lowest BCUT2D eigenvalue weighted by molar-refractivity contribution is -0.120. The molecule has 0 saturated heterocycles. The Morgan fingerprint density at radius 2 is 1.73 bits per heavy atom. The van der Waals surface area contributed by atoms with Gasteiger partial charge in [0.15, 0.2) is 0 Å². The van der Waals surface area contributed by atoms with Crippen LogP contribution in [-0.2, 0) is 14.8 Å². The molecule has 164 valence electrons.